The van der Waals surface area contributed by atoms with Crippen molar-refractivity contribution in [1.29, 1.82) is 0 Å². The molecule has 0 radical (unpaired) electrons. The first-order chi connectivity index (χ1) is 22.4. The molecule has 2 aromatic heterocycles. The van der Waals surface area contributed by atoms with Gasteiger partial charge in [0.1, 0.15) is 5.01 Å². The molecule has 2 aliphatic carbocycles. The van der Waals surface area contributed by atoms with Crippen molar-refractivity contribution in [2.24, 2.45) is 18.9 Å². The molecule has 4 aliphatic rings. The molecule has 5 aromatic rings. The Morgan fingerprint density at radius 2 is 1.77 bits per heavy atom. The SMILES string of the molecule is Cc1cc2nc(-c3ccc4c(c3)c(C3C5CC3CN(C3CCC3)C5)nn4C)sc2c(-c2ccc(Cl)cc2)c1[C@H](OC(C)(C)C)C(=O)O. The first-order valence-corrected chi connectivity index (χ1v) is 18.0. The van der Waals surface area contributed by atoms with Gasteiger partial charge in [-0.3, -0.25) is 9.58 Å². The fourth-order valence-electron chi connectivity index (χ4n) is 8.25. The molecule has 7 nitrogen and oxygen atoms in total. The van der Waals surface area contributed by atoms with Gasteiger partial charge in [0.05, 0.1) is 27.0 Å². The summed E-state index contributed by atoms with van der Waals surface area (Å²) in [6.07, 6.45) is 4.28. The Hall–Kier alpha value is -3.30. The first kappa shape index (κ1) is 31.0. The zero-order valence-electron chi connectivity index (χ0n) is 27.6. The monoisotopic (exact) mass is 668 g/mol. The summed E-state index contributed by atoms with van der Waals surface area (Å²) in [6.45, 7) is 10.00. The number of rotatable bonds is 7. The summed E-state index contributed by atoms with van der Waals surface area (Å²) < 4.78 is 9.18. The van der Waals surface area contributed by atoms with Crippen molar-refractivity contribution < 1.29 is 14.6 Å². The number of fused-ring (bicyclic) bond motifs is 4. The van der Waals surface area contributed by atoms with E-state index in [-0.39, 0.29) is 0 Å². The molecule has 244 valence electrons. The van der Waals surface area contributed by atoms with E-state index in [2.05, 4.69) is 30.1 Å². The van der Waals surface area contributed by atoms with E-state index in [1.165, 1.54) is 49.9 Å². The van der Waals surface area contributed by atoms with Gasteiger partial charge in [0.2, 0.25) is 0 Å². The lowest BCUT2D eigenvalue weighted by atomic mass is 9.59. The third-order valence-electron chi connectivity index (χ3n) is 10.6. The number of aryl methyl sites for hydroxylation is 2. The molecule has 2 bridgehead atoms. The molecular weight excluding hydrogens is 628 g/mol. The van der Waals surface area contributed by atoms with E-state index < -0.39 is 17.7 Å². The van der Waals surface area contributed by atoms with Crippen LogP contribution >= 0.6 is 22.9 Å². The number of hydrogen-bond acceptors (Lipinski definition) is 6. The number of thiazole rings is 1. The summed E-state index contributed by atoms with van der Waals surface area (Å²) in [6, 6.07) is 17.0. The van der Waals surface area contributed by atoms with Crippen LogP contribution in [0, 0.1) is 18.8 Å². The molecule has 47 heavy (non-hydrogen) atoms. The number of carboxylic acids is 1. The van der Waals surface area contributed by atoms with Gasteiger partial charge < -0.3 is 9.84 Å². The van der Waals surface area contributed by atoms with Gasteiger partial charge in [-0.1, -0.05) is 30.2 Å². The average molecular weight is 669 g/mol. The normalized spacial score (nSPS) is 22.4. The summed E-state index contributed by atoms with van der Waals surface area (Å²) in [4.78, 5) is 20.7. The molecule has 2 aliphatic heterocycles. The highest BCUT2D eigenvalue weighted by atomic mass is 35.5. The second-order valence-corrected chi connectivity index (χ2v) is 16.3. The number of aliphatic carboxylic acids is 1. The number of piperidine rings is 2. The third kappa shape index (κ3) is 5.38. The van der Waals surface area contributed by atoms with Crippen molar-refractivity contribution in [3.8, 4) is 21.7 Å². The number of carbonyl (C=O) groups is 1. The maximum Gasteiger partial charge on any atom is 0.337 e. The highest BCUT2D eigenvalue weighted by Crippen LogP contribution is 2.54. The fourth-order valence-corrected chi connectivity index (χ4v) is 9.50. The maximum atomic E-state index is 12.7. The molecular formula is C38H41ClN4O3S. The minimum Gasteiger partial charge on any atom is -0.479 e. The predicted molar refractivity (Wildman–Crippen MR) is 189 cm³/mol. The quantitative estimate of drug-likeness (QED) is 0.186. The van der Waals surface area contributed by atoms with Crippen molar-refractivity contribution in [2.45, 2.75) is 77.0 Å². The van der Waals surface area contributed by atoms with E-state index in [9.17, 15) is 9.90 Å². The molecule has 9 rings (SSSR count). The van der Waals surface area contributed by atoms with Gasteiger partial charge in [-0.2, -0.15) is 5.10 Å². The number of carboxylic acid groups (broad SMARTS) is 1. The van der Waals surface area contributed by atoms with E-state index in [0.29, 0.717) is 28.3 Å². The van der Waals surface area contributed by atoms with E-state index in [4.69, 9.17) is 26.4 Å². The zero-order chi connectivity index (χ0) is 32.8. The van der Waals surface area contributed by atoms with Crippen molar-refractivity contribution in [2.75, 3.05) is 13.1 Å². The van der Waals surface area contributed by atoms with E-state index in [0.717, 1.165) is 49.0 Å². The van der Waals surface area contributed by atoms with Gasteiger partial charge >= 0.3 is 5.97 Å². The fraction of sp³-hybridized carbons (Fsp3) is 0.447. The van der Waals surface area contributed by atoms with E-state index >= 15 is 0 Å². The number of benzene rings is 3. The molecule has 2 unspecified atom stereocenters. The average Bonchev–Trinajstić information content (AvgIpc) is 3.55. The molecule has 1 N–H and O–H groups in total. The Kier molecular flexibility index (Phi) is 7.52. The van der Waals surface area contributed by atoms with Gasteiger partial charge in [0, 0.05) is 59.2 Å². The maximum absolute atomic E-state index is 12.7. The Labute approximate surface area is 284 Å². The summed E-state index contributed by atoms with van der Waals surface area (Å²) in [5, 5.41) is 18.3. The van der Waals surface area contributed by atoms with Crippen molar-refractivity contribution in [1.82, 2.24) is 19.7 Å². The van der Waals surface area contributed by atoms with Gasteiger partial charge in [-0.15, -0.1) is 11.3 Å². The molecule has 4 heterocycles. The lowest BCUT2D eigenvalue weighted by molar-refractivity contribution is -0.160. The summed E-state index contributed by atoms with van der Waals surface area (Å²) in [5.41, 5.74) is 6.81. The van der Waals surface area contributed by atoms with E-state index in [1.54, 1.807) is 11.3 Å². The largest absolute Gasteiger partial charge is 0.479 e. The number of hydrogen-bond donors (Lipinski definition) is 1. The lowest BCUT2D eigenvalue weighted by Gasteiger charge is -2.56. The van der Waals surface area contributed by atoms with Crippen LogP contribution in [0.15, 0.2) is 48.5 Å². The van der Waals surface area contributed by atoms with Crippen LogP contribution in [0.5, 0.6) is 0 Å². The molecule has 3 aromatic carbocycles. The summed E-state index contributed by atoms with van der Waals surface area (Å²) in [5.74, 6) is 0.852. The Balaban J connectivity index is 1.23. The smallest absolute Gasteiger partial charge is 0.337 e. The molecule has 0 spiro atoms. The first-order valence-electron chi connectivity index (χ1n) is 16.8. The van der Waals surface area contributed by atoms with Crippen LogP contribution in [0.2, 0.25) is 5.02 Å². The lowest BCUT2D eigenvalue weighted by Crippen LogP contribution is -2.58. The van der Waals surface area contributed by atoms with Crippen molar-refractivity contribution in [3.05, 3.63) is 70.4 Å². The Morgan fingerprint density at radius 1 is 1.06 bits per heavy atom. The van der Waals surface area contributed by atoms with Gasteiger partial charge in [-0.25, -0.2) is 9.78 Å². The number of ether oxygens (including phenoxy) is 1. The van der Waals surface area contributed by atoms with Crippen LogP contribution in [-0.2, 0) is 16.6 Å². The van der Waals surface area contributed by atoms with Gasteiger partial charge in [-0.05, 0) is 106 Å². The minimum atomic E-state index is -1.15. The van der Waals surface area contributed by atoms with Crippen molar-refractivity contribution in [3.63, 3.8) is 0 Å². The topological polar surface area (TPSA) is 80.5 Å². The number of nitrogens with zero attached hydrogens (tertiary/aromatic N) is 4. The molecule has 0 amide bonds. The molecule has 2 saturated carbocycles. The second kappa shape index (κ2) is 11.4. The van der Waals surface area contributed by atoms with Crippen LogP contribution in [0.4, 0.5) is 0 Å². The molecule has 3 atom stereocenters. The Morgan fingerprint density at radius 3 is 2.40 bits per heavy atom. The molecule has 2 saturated heterocycles. The van der Waals surface area contributed by atoms with Crippen LogP contribution < -0.4 is 0 Å². The summed E-state index contributed by atoms with van der Waals surface area (Å²) in [7, 11) is 2.06. The zero-order valence-corrected chi connectivity index (χ0v) is 29.2. The minimum absolute atomic E-state index is 0.512. The highest BCUT2D eigenvalue weighted by molar-refractivity contribution is 7.22. The van der Waals surface area contributed by atoms with Gasteiger partial charge in [0.15, 0.2) is 6.10 Å². The van der Waals surface area contributed by atoms with E-state index in [1.807, 2.05) is 62.7 Å². The van der Waals surface area contributed by atoms with Crippen LogP contribution in [0.25, 0.3) is 42.8 Å². The summed E-state index contributed by atoms with van der Waals surface area (Å²) >= 11 is 7.89. The predicted octanol–water partition coefficient (Wildman–Crippen LogP) is 9.01. The van der Waals surface area contributed by atoms with Crippen LogP contribution in [-0.4, -0.2) is 55.5 Å². The van der Waals surface area contributed by atoms with Gasteiger partial charge in [0.25, 0.3) is 0 Å². The van der Waals surface area contributed by atoms with Crippen molar-refractivity contribution >= 4 is 50.0 Å². The Bertz CT molecular complexity index is 2010. The van der Waals surface area contributed by atoms with Crippen LogP contribution in [0.1, 0.15) is 75.3 Å². The third-order valence-corrected chi connectivity index (χ3v) is 12.0. The van der Waals surface area contributed by atoms with Crippen LogP contribution in [0.3, 0.4) is 0 Å². The molecule has 9 heteroatoms. The number of halogens is 1. The number of aromatic nitrogens is 3. The second-order valence-electron chi connectivity index (χ2n) is 14.9. The standard InChI is InChI=1S/C38H41ClN4O3S/c1-20-15-28-35(32(21-9-12-25(39)13-10-21)30(20)34(37(44)45)46-38(2,3)4)47-36(40-28)22-11-14-29-27(17-22)33(41-42(29)5)31-23-16-24(31)19-43(18-23)26-7-6-8-26/h9-15,17,23-24,26,31,34H,6-8,16,18-19H2,1-5H3,(H,44,45)/t23?,24?,31?,34-/m0/s1. The highest BCUT2D eigenvalue weighted by Gasteiger charge is 2.50. The molecule has 4 fully saturated rings.